The Balaban J connectivity index is 2.65. The number of nitro groups is 1. The van der Waals surface area contributed by atoms with E-state index in [4.69, 9.17) is 9.47 Å². The molecule has 10 nitrogen and oxygen atoms in total. The molecule has 1 N–H and O–H groups in total. The predicted molar refractivity (Wildman–Crippen MR) is 98.1 cm³/mol. The summed E-state index contributed by atoms with van der Waals surface area (Å²) in [5, 5.41) is 14.1. The van der Waals surface area contributed by atoms with E-state index in [1.807, 2.05) is 0 Å². The van der Waals surface area contributed by atoms with Crippen molar-refractivity contribution >= 4 is 21.5 Å². The second kappa shape index (κ2) is 8.50. The molecule has 0 saturated carbocycles. The maximum absolute atomic E-state index is 13.5. The molecule has 11 heteroatoms. The molecule has 152 valence electrons. The Bertz CT molecular complexity index is 925. The summed E-state index contributed by atoms with van der Waals surface area (Å²) in [4.78, 5) is 19.5. The second-order valence-corrected chi connectivity index (χ2v) is 7.78. The standard InChI is InChI=1S/C17H20N2O8S/c1-25-12-8-9-15(18-11-16(20)26-2)17(10-12,27-3)28(23,24)14-7-5-4-6-13(14)19(21)22/h4-10,15,18H,11H2,1-3H3. The molecule has 2 atom stereocenters. The first-order valence-corrected chi connectivity index (χ1v) is 9.50. The van der Waals surface area contributed by atoms with Crippen LogP contribution in [0.25, 0.3) is 0 Å². The van der Waals surface area contributed by atoms with Crippen LogP contribution in [0, 0.1) is 10.1 Å². The average Bonchev–Trinajstić information content (AvgIpc) is 2.71. The molecule has 2 unspecified atom stereocenters. The Morgan fingerprint density at radius 1 is 1.29 bits per heavy atom. The van der Waals surface area contributed by atoms with E-state index < -0.39 is 42.3 Å². The van der Waals surface area contributed by atoms with E-state index in [1.165, 1.54) is 44.6 Å². The van der Waals surface area contributed by atoms with Gasteiger partial charge < -0.3 is 14.2 Å². The van der Waals surface area contributed by atoms with E-state index in [9.17, 15) is 23.3 Å². The smallest absolute Gasteiger partial charge is 0.319 e. The van der Waals surface area contributed by atoms with Crippen LogP contribution in [0.5, 0.6) is 0 Å². The van der Waals surface area contributed by atoms with Crippen LogP contribution in [0.15, 0.2) is 53.1 Å². The molecule has 0 spiro atoms. The second-order valence-electron chi connectivity index (χ2n) is 5.70. The van der Waals surface area contributed by atoms with Gasteiger partial charge in [0, 0.05) is 19.3 Å². The van der Waals surface area contributed by atoms with E-state index in [2.05, 4.69) is 10.1 Å². The van der Waals surface area contributed by atoms with Gasteiger partial charge in [-0.1, -0.05) is 18.2 Å². The van der Waals surface area contributed by atoms with Gasteiger partial charge in [-0.3, -0.25) is 20.2 Å². The van der Waals surface area contributed by atoms with E-state index in [0.717, 1.165) is 19.2 Å². The molecule has 0 saturated heterocycles. The van der Waals surface area contributed by atoms with Gasteiger partial charge in [0.15, 0.2) is 0 Å². The fraction of sp³-hybridized carbons (Fsp3) is 0.353. The third kappa shape index (κ3) is 3.77. The lowest BCUT2D eigenvalue weighted by atomic mass is 10.0. The van der Waals surface area contributed by atoms with Crippen molar-refractivity contribution in [3.63, 3.8) is 0 Å². The van der Waals surface area contributed by atoms with E-state index in [1.54, 1.807) is 0 Å². The first-order valence-electron chi connectivity index (χ1n) is 8.02. The summed E-state index contributed by atoms with van der Waals surface area (Å²) < 4.78 is 42.2. The molecule has 1 aliphatic rings. The number of hydrogen-bond acceptors (Lipinski definition) is 9. The van der Waals surface area contributed by atoms with Gasteiger partial charge in [0.25, 0.3) is 5.69 Å². The van der Waals surface area contributed by atoms with Crippen molar-refractivity contribution < 1.29 is 32.3 Å². The molecule has 0 fully saturated rings. The van der Waals surface area contributed by atoms with Crippen LogP contribution in [0.2, 0.25) is 0 Å². The number of para-hydroxylation sites is 1. The number of esters is 1. The molecule has 1 aromatic carbocycles. The Kier molecular flexibility index (Phi) is 6.54. The van der Waals surface area contributed by atoms with Crippen molar-refractivity contribution in [3.8, 4) is 0 Å². The highest BCUT2D eigenvalue weighted by atomic mass is 32.2. The van der Waals surface area contributed by atoms with Crippen LogP contribution >= 0.6 is 0 Å². The first kappa shape index (κ1) is 21.5. The SMILES string of the molecule is COC(=O)CNC1C=CC(OC)=CC1(OC)S(=O)(=O)c1ccccc1[N+](=O)[O-]. The molecule has 0 aliphatic heterocycles. The highest BCUT2D eigenvalue weighted by Gasteiger charge is 2.53. The first-order chi connectivity index (χ1) is 13.2. The summed E-state index contributed by atoms with van der Waals surface area (Å²) >= 11 is 0. The highest BCUT2D eigenvalue weighted by molar-refractivity contribution is 7.93. The van der Waals surface area contributed by atoms with E-state index in [-0.39, 0.29) is 12.3 Å². The number of ether oxygens (including phenoxy) is 3. The number of sulfone groups is 1. The number of hydrogen-bond donors (Lipinski definition) is 1. The Labute approximate surface area is 161 Å². The van der Waals surface area contributed by atoms with Crippen molar-refractivity contribution in [2.45, 2.75) is 15.9 Å². The molecule has 28 heavy (non-hydrogen) atoms. The van der Waals surface area contributed by atoms with Gasteiger partial charge in [0.1, 0.15) is 10.7 Å². The van der Waals surface area contributed by atoms with E-state index >= 15 is 0 Å². The number of nitro benzene ring substituents is 1. The molecule has 0 amide bonds. The zero-order chi connectivity index (χ0) is 20.9. The van der Waals surface area contributed by atoms with Crippen molar-refractivity contribution in [3.05, 3.63) is 58.4 Å². The lowest BCUT2D eigenvalue weighted by Crippen LogP contribution is -2.57. The molecule has 2 rings (SSSR count). The fourth-order valence-corrected chi connectivity index (χ4v) is 4.82. The Hall–Kier alpha value is -2.76. The number of carbonyl (C=O) groups excluding carboxylic acids is 1. The van der Waals surface area contributed by atoms with Crippen LogP contribution in [-0.4, -0.2) is 58.2 Å². The van der Waals surface area contributed by atoms with Crippen molar-refractivity contribution in [2.24, 2.45) is 0 Å². The number of carbonyl (C=O) groups is 1. The van der Waals surface area contributed by atoms with Gasteiger partial charge in [-0.15, -0.1) is 0 Å². The third-order valence-electron chi connectivity index (χ3n) is 4.25. The summed E-state index contributed by atoms with van der Waals surface area (Å²) in [6.45, 7) is -0.306. The summed E-state index contributed by atoms with van der Waals surface area (Å²) in [5.41, 5.74) is -0.590. The molecule has 0 bridgehead atoms. The van der Waals surface area contributed by atoms with Gasteiger partial charge in [-0.05, 0) is 12.1 Å². The third-order valence-corrected chi connectivity index (χ3v) is 6.55. The van der Waals surface area contributed by atoms with Gasteiger partial charge in [0.2, 0.25) is 14.8 Å². The molecule has 0 radical (unpaired) electrons. The number of methoxy groups -OCH3 is 3. The number of nitrogens with one attached hydrogen (secondary N) is 1. The van der Waals surface area contributed by atoms with Crippen LogP contribution in [0.3, 0.4) is 0 Å². The molecular formula is C17H20N2O8S. The summed E-state index contributed by atoms with van der Waals surface area (Å²) in [5.74, 6) is -0.442. The fourth-order valence-electron chi connectivity index (χ4n) is 2.81. The topological polar surface area (TPSA) is 134 Å². The summed E-state index contributed by atoms with van der Waals surface area (Å²) in [6, 6.07) is 3.90. The maximum Gasteiger partial charge on any atom is 0.319 e. The van der Waals surface area contributed by atoms with Gasteiger partial charge in [-0.25, -0.2) is 8.42 Å². The molecule has 1 aliphatic carbocycles. The van der Waals surface area contributed by atoms with Crippen molar-refractivity contribution in [1.82, 2.24) is 5.32 Å². The lowest BCUT2D eigenvalue weighted by molar-refractivity contribution is -0.387. The van der Waals surface area contributed by atoms with Gasteiger partial charge >= 0.3 is 5.97 Å². The summed E-state index contributed by atoms with van der Waals surface area (Å²) in [6.07, 6.45) is 4.15. The van der Waals surface area contributed by atoms with Crippen LogP contribution in [0.1, 0.15) is 0 Å². The zero-order valence-corrected chi connectivity index (χ0v) is 16.3. The summed E-state index contributed by atoms with van der Waals surface area (Å²) in [7, 11) is -0.792. The largest absolute Gasteiger partial charge is 0.497 e. The molecule has 0 aromatic heterocycles. The maximum atomic E-state index is 13.5. The Morgan fingerprint density at radius 2 is 1.96 bits per heavy atom. The van der Waals surface area contributed by atoms with Gasteiger partial charge in [0.05, 0.1) is 31.7 Å². The minimum Gasteiger partial charge on any atom is -0.497 e. The number of nitrogens with zero attached hydrogens (tertiary/aromatic N) is 1. The predicted octanol–water partition coefficient (Wildman–Crippen LogP) is 0.943. The Morgan fingerprint density at radius 3 is 2.54 bits per heavy atom. The quantitative estimate of drug-likeness (QED) is 0.376. The van der Waals surface area contributed by atoms with Crippen LogP contribution in [-0.2, 0) is 28.8 Å². The number of benzene rings is 1. The van der Waals surface area contributed by atoms with Crippen molar-refractivity contribution in [2.75, 3.05) is 27.9 Å². The van der Waals surface area contributed by atoms with Crippen LogP contribution < -0.4 is 5.32 Å². The number of rotatable bonds is 8. The monoisotopic (exact) mass is 412 g/mol. The van der Waals surface area contributed by atoms with Crippen LogP contribution in [0.4, 0.5) is 5.69 Å². The average molecular weight is 412 g/mol. The number of allylic oxidation sites excluding steroid dienone is 1. The van der Waals surface area contributed by atoms with E-state index in [0.29, 0.717) is 0 Å². The lowest BCUT2D eigenvalue weighted by Gasteiger charge is -2.37. The molecule has 0 heterocycles. The minimum atomic E-state index is -4.48. The minimum absolute atomic E-state index is 0.181. The highest BCUT2D eigenvalue weighted by Crippen LogP contribution is 2.39. The molecular weight excluding hydrogens is 392 g/mol. The normalized spacial score (nSPS) is 21.7. The zero-order valence-electron chi connectivity index (χ0n) is 15.4. The van der Waals surface area contributed by atoms with Gasteiger partial charge in [-0.2, -0.15) is 0 Å². The van der Waals surface area contributed by atoms with Crippen molar-refractivity contribution in [1.29, 1.82) is 0 Å². The molecule has 1 aromatic rings.